The van der Waals surface area contributed by atoms with E-state index in [-0.39, 0.29) is 29.7 Å². The fourth-order valence-electron chi connectivity index (χ4n) is 3.67. The van der Waals surface area contributed by atoms with Gasteiger partial charge in [0, 0.05) is 13.5 Å². The van der Waals surface area contributed by atoms with E-state index in [0.717, 1.165) is 16.9 Å². The van der Waals surface area contributed by atoms with Crippen LogP contribution in [-0.2, 0) is 30.8 Å². The molecule has 2 aromatic rings. The molecule has 1 heterocycles. The highest BCUT2D eigenvalue weighted by Crippen LogP contribution is 2.28. The number of hydrogen-bond acceptors (Lipinski definition) is 6. The molecule has 2 aromatic carbocycles. The van der Waals surface area contributed by atoms with Crippen LogP contribution in [0, 0.1) is 0 Å². The van der Waals surface area contributed by atoms with Crippen molar-refractivity contribution < 1.29 is 27.5 Å². The number of hydrogen-bond donors (Lipinski definition) is 1. The van der Waals surface area contributed by atoms with Gasteiger partial charge in [-0.2, -0.15) is 0 Å². The Morgan fingerprint density at radius 1 is 1.12 bits per heavy atom. The lowest BCUT2D eigenvalue weighted by Crippen LogP contribution is -2.45. The Labute approximate surface area is 193 Å². The van der Waals surface area contributed by atoms with Gasteiger partial charge >= 0.3 is 0 Å². The molecule has 0 bridgehead atoms. The minimum absolute atomic E-state index is 0.00649. The highest BCUT2D eigenvalue weighted by molar-refractivity contribution is 7.89. The molecule has 0 aliphatic carbocycles. The van der Waals surface area contributed by atoms with E-state index in [4.69, 9.17) is 9.88 Å². The number of amides is 3. The largest absolute Gasteiger partial charge is 0.494 e. The number of nitrogens with two attached hydrogens (primary N) is 1. The van der Waals surface area contributed by atoms with Crippen molar-refractivity contribution in [3.05, 3.63) is 54.1 Å². The van der Waals surface area contributed by atoms with Gasteiger partial charge < -0.3 is 9.64 Å². The number of rotatable bonds is 9. The fraction of sp³-hybridized carbons (Fsp3) is 0.348. The normalized spacial score (nSPS) is 16.2. The molecule has 1 fully saturated rings. The molecule has 0 unspecified atom stereocenters. The van der Waals surface area contributed by atoms with Crippen LogP contribution in [0.25, 0.3) is 0 Å². The third-order valence-corrected chi connectivity index (χ3v) is 6.29. The number of benzene rings is 2. The standard InChI is InChI=1S/C23H27N3O6S/c1-3-14-32-19-8-6-18(7-9-19)26-22(28)15-21(23(26)29)25(16(2)27)13-12-17-4-10-20(11-5-17)33(24,30)31/h4-11,21H,3,12-15H2,1-2H3,(H2,24,30,31)/t21-/m0/s1. The molecule has 0 aromatic heterocycles. The second kappa shape index (κ2) is 10.1. The molecule has 1 aliphatic heterocycles. The number of primary sulfonamides is 1. The Hall–Kier alpha value is -3.24. The van der Waals surface area contributed by atoms with Gasteiger partial charge in [0.1, 0.15) is 11.8 Å². The Morgan fingerprint density at radius 2 is 1.76 bits per heavy atom. The van der Waals surface area contributed by atoms with E-state index < -0.39 is 22.0 Å². The topological polar surface area (TPSA) is 127 Å². The van der Waals surface area contributed by atoms with Gasteiger partial charge in [-0.05, 0) is 54.8 Å². The lowest BCUT2D eigenvalue weighted by molar-refractivity contribution is -0.136. The van der Waals surface area contributed by atoms with Crippen LogP contribution in [0.4, 0.5) is 5.69 Å². The molecule has 10 heteroatoms. The Bertz CT molecular complexity index is 1130. The number of ether oxygens (including phenoxy) is 1. The van der Waals surface area contributed by atoms with Crippen molar-refractivity contribution in [2.45, 2.75) is 44.0 Å². The maximum Gasteiger partial charge on any atom is 0.257 e. The summed E-state index contributed by atoms with van der Waals surface area (Å²) in [4.78, 5) is 40.5. The summed E-state index contributed by atoms with van der Waals surface area (Å²) in [7, 11) is -3.79. The summed E-state index contributed by atoms with van der Waals surface area (Å²) in [6.45, 7) is 4.12. The van der Waals surface area contributed by atoms with Gasteiger partial charge in [0.25, 0.3) is 5.91 Å². The summed E-state index contributed by atoms with van der Waals surface area (Å²) < 4.78 is 28.3. The highest BCUT2D eigenvalue weighted by atomic mass is 32.2. The molecule has 1 saturated heterocycles. The third-order valence-electron chi connectivity index (χ3n) is 5.36. The number of sulfonamides is 1. The van der Waals surface area contributed by atoms with Crippen molar-refractivity contribution in [3.8, 4) is 5.75 Å². The number of carbonyl (C=O) groups is 3. The Morgan fingerprint density at radius 3 is 2.30 bits per heavy atom. The Kier molecular flexibility index (Phi) is 7.50. The summed E-state index contributed by atoms with van der Waals surface area (Å²) in [6, 6.07) is 11.8. The molecule has 1 atom stereocenters. The SMILES string of the molecule is CCCOc1ccc(N2C(=O)C[C@H](N(CCc3ccc(S(N)(=O)=O)cc3)C(C)=O)C2=O)cc1. The number of carbonyl (C=O) groups excluding carboxylic acids is 3. The van der Waals surface area contributed by atoms with Gasteiger partial charge in [-0.3, -0.25) is 14.4 Å². The minimum atomic E-state index is -3.79. The molecular weight excluding hydrogens is 446 g/mol. The van der Waals surface area contributed by atoms with Gasteiger partial charge in [0.2, 0.25) is 21.8 Å². The average molecular weight is 474 g/mol. The van der Waals surface area contributed by atoms with Crippen molar-refractivity contribution >= 4 is 33.4 Å². The van der Waals surface area contributed by atoms with Gasteiger partial charge in [0.15, 0.2) is 0 Å². The van der Waals surface area contributed by atoms with Crippen LogP contribution in [0.3, 0.4) is 0 Å². The lowest BCUT2D eigenvalue weighted by Gasteiger charge is -2.26. The molecule has 0 saturated carbocycles. The van der Waals surface area contributed by atoms with E-state index in [1.54, 1.807) is 36.4 Å². The highest BCUT2D eigenvalue weighted by Gasteiger charge is 2.43. The van der Waals surface area contributed by atoms with Crippen LogP contribution in [0.2, 0.25) is 0 Å². The number of nitrogens with zero attached hydrogens (tertiary/aromatic N) is 2. The molecule has 3 amide bonds. The van der Waals surface area contributed by atoms with Gasteiger partial charge in [-0.1, -0.05) is 19.1 Å². The van der Waals surface area contributed by atoms with Gasteiger partial charge in [-0.25, -0.2) is 18.5 Å². The first-order valence-electron chi connectivity index (χ1n) is 10.6. The predicted molar refractivity (Wildman–Crippen MR) is 122 cm³/mol. The number of anilines is 1. The molecular formula is C23H27N3O6S. The zero-order chi connectivity index (χ0) is 24.2. The average Bonchev–Trinajstić information content (AvgIpc) is 3.06. The van der Waals surface area contributed by atoms with E-state index in [1.165, 1.54) is 24.0 Å². The molecule has 9 nitrogen and oxygen atoms in total. The van der Waals surface area contributed by atoms with Crippen molar-refractivity contribution in [2.24, 2.45) is 5.14 Å². The van der Waals surface area contributed by atoms with Gasteiger partial charge in [0.05, 0.1) is 23.6 Å². The number of imide groups is 1. The van der Waals surface area contributed by atoms with E-state index in [1.807, 2.05) is 6.92 Å². The predicted octanol–water partition coefficient (Wildman–Crippen LogP) is 1.85. The molecule has 176 valence electrons. The maximum absolute atomic E-state index is 13.1. The fourth-order valence-corrected chi connectivity index (χ4v) is 4.19. The molecule has 0 spiro atoms. The molecule has 33 heavy (non-hydrogen) atoms. The van der Waals surface area contributed by atoms with Crippen LogP contribution < -0.4 is 14.8 Å². The second-order valence-electron chi connectivity index (χ2n) is 7.78. The molecule has 0 radical (unpaired) electrons. The molecule has 3 rings (SSSR count). The molecule has 2 N–H and O–H groups in total. The van der Waals surface area contributed by atoms with Crippen LogP contribution in [-0.4, -0.2) is 50.2 Å². The van der Waals surface area contributed by atoms with Gasteiger partial charge in [-0.15, -0.1) is 0 Å². The summed E-state index contributed by atoms with van der Waals surface area (Å²) in [5.74, 6) is -0.513. The summed E-state index contributed by atoms with van der Waals surface area (Å²) >= 11 is 0. The summed E-state index contributed by atoms with van der Waals surface area (Å²) in [5.41, 5.74) is 1.20. The second-order valence-corrected chi connectivity index (χ2v) is 9.34. The first-order chi connectivity index (χ1) is 15.6. The summed E-state index contributed by atoms with van der Waals surface area (Å²) in [6.07, 6.45) is 1.15. The van der Waals surface area contributed by atoms with E-state index in [0.29, 0.717) is 24.5 Å². The monoisotopic (exact) mass is 473 g/mol. The van der Waals surface area contributed by atoms with Crippen LogP contribution in [0.5, 0.6) is 5.75 Å². The molecule has 1 aliphatic rings. The zero-order valence-electron chi connectivity index (χ0n) is 18.6. The smallest absolute Gasteiger partial charge is 0.257 e. The third kappa shape index (κ3) is 5.77. The first-order valence-corrected chi connectivity index (χ1v) is 12.1. The Balaban J connectivity index is 1.71. The van der Waals surface area contributed by atoms with E-state index in [2.05, 4.69) is 0 Å². The lowest BCUT2D eigenvalue weighted by atomic mass is 10.1. The van der Waals surface area contributed by atoms with Crippen molar-refractivity contribution in [1.82, 2.24) is 4.90 Å². The maximum atomic E-state index is 13.1. The van der Waals surface area contributed by atoms with Crippen molar-refractivity contribution in [2.75, 3.05) is 18.1 Å². The van der Waals surface area contributed by atoms with Crippen molar-refractivity contribution in [3.63, 3.8) is 0 Å². The first kappa shape index (κ1) is 24.4. The van der Waals surface area contributed by atoms with E-state index in [9.17, 15) is 22.8 Å². The van der Waals surface area contributed by atoms with Crippen LogP contribution in [0.1, 0.15) is 32.3 Å². The zero-order valence-corrected chi connectivity index (χ0v) is 19.4. The van der Waals surface area contributed by atoms with Crippen LogP contribution >= 0.6 is 0 Å². The summed E-state index contributed by atoms with van der Waals surface area (Å²) in [5, 5.41) is 5.11. The van der Waals surface area contributed by atoms with E-state index >= 15 is 0 Å². The minimum Gasteiger partial charge on any atom is -0.494 e. The van der Waals surface area contributed by atoms with Crippen LogP contribution in [0.15, 0.2) is 53.4 Å². The quantitative estimate of drug-likeness (QED) is 0.554. The van der Waals surface area contributed by atoms with Crippen molar-refractivity contribution in [1.29, 1.82) is 0 Å².